The molecule has 5 heteroatoms. The monoisotopic (exact) mass is 276 g/mol. The van der Waals surface area contributed by atoms with Gasteiger partial charge in [0.15, 0.2) is 0 Å². The summed E-state index contributed by atoms with van der Waals surface area (Å²) < 4.78 is 2.06. The predicted molar refractivity (Wildman–Crippen MR) is 77.0 cm³/mol. The van der Waals surface area contributed by atoms with Crippen LogP contribution in [0.1, 0.15) is 42.9 Å². The number of carboxylic acid groups (broad SMARTS) is 1. The molecule has 1 aromatic carbocycles. The zero-order valence-electron chi connectivity index (χ0n) is 11.8. The molecule has 0 amide bonds. The molecule has 0 spiro atoms. The van der Waals surface area contributed by atoms with Crippen LogP contribution in [-0.2, 0) is 13.0 Å². The number of fused-ring (bicyclic) bond motifs is 1. The maximum Gasteiger partial charge on any atom is 0.335 e. The van der Waals surface area contributed by atoms with E-state index < -0.39 is 5.97 Å². The second-order valence-corrected chi connectivity index (χ2v) is 5.03. The maximum atomic E-state index is 11.1. The summed E-state index contributed by atoms with van der Waals surface area (Å²) in [5.74, 6) is 0.0230. The number of hydrogen-bond acceptors (Lipinski definition) is 3. The second-order valence-electron chi connectivity index (χ2n) is 5.03. The molecule has 0 bridgehead atoms. The van der Waals surface area contributed by atoms with Crippen LogP contribution in [0.3, 0.4) is 0 Å². The predicted octanol–water partition coefficient (Wildman–Crippen LogP) is 2.46. The highest BCUT2D eigenvalue weighted by Gasteiger charge is 2.12. The van der Waals surface area contributed by atoms with Crippen LogP contribution in [0, 0.1) is 0 Å². The minimum atomic E-state index is -0.929. The van der Waals surface area contributed by atoms with Gasteiger partial charge in [0.1, 0.15) is 5.82 Å². The molecule has 1 unspecified atom stereocenters. The molecule has 1 heterocycles. The minimum absolute atomic E-state index is 0.275. The van der Waals surface area contributed by atoms with E-state index in [2.05, 4.69) is 9.55 Å². The van der Waals surface area contributed by atoms with Crippen molar-refractivity contribution in [2.24, 2.45) is 0 Å². The normalized spacial score (nSPS) is 12.8. The van der Waals surface area contributed by atoms with Crippen LogP contribution in [0.25, 0.3) is 11.0 Å². The van der Waals surface area contributed by atoms with E-state index in [0.717, 1.165) is 42.7 Å². The summed E-state index contributed by atoms with van der Waals surface area (Å²) in [7, 11) is 0. The van der Waals surface area contributed by atoms with Crippen LogP contribution in [0.15, 0.2) is 18.2 Å². The Morgan fingerprint density at radius 1 is 1.45 bits per heavy atom. The van der Waals surface area contributed by atoms with Gasteiger partial charge in [0.2, 0.25) is 0 Å². The number of aliphatic hydroxyl groups excluding tert-OH is 1. The maximum absolute atomic E-state index is 11.1. The fraction of sp³-hybridized carbons (Fsp3) is 0.467. The van der Waals surface area contributed by atoms with E-state index in [0.29, 0.717) is 0 Å². The Morgan fingerprint density at radius 2 is 2.20 bits per heavy atom. The van der Waals surface area contributed by atoms with Gasteiger partial charge in [0.25, 0.3) is 0 Å². The molecule has 0 fully saturated rings. The lowest BCUT2D eigenvalue weighted by atomic mass is 10.2. The summed E-state index contributed by atoms with van der Waals surface area (Å²) in [5.41, 5.74) is 1.95. The molecule has 0 aliphatic heterocycles. The van der Waals surface area contributed by atoms with Crippen molar-refractivity contribution in [3.63, 3.8) is 0 Å². The van der Waals surface area contributed by atoms with E-state index in [1.165, 1.54) is 0 Å². The van der Waals surface area contributed by atoms with Crippen LogP contribution in [0.5, 0.6) is 0 Å². The Bertz CT molecular complexity index is 617. The van der Waals surface area contributed by atoms with Crippen molar-refractivity contribution in [1.82, 2.24) is 9.55 Å². The minimum Gasteiger partial charge on any atom is -0.478 e. The van der Waals surface area contributed by atoms with Gasteiger partial charge in [0, 0.05) is 13.0 Å². The van der Waals surface area contributed by atoms with Crippen molar-refractivity contribution >= 4 is 17.0 Å². The van der Waals surface area contributed by atoms with Gasteiger partial charge >= 0.3 is 5.97 Å². The standard InChI is InChI=1S/C15H20N2O3/c1-3-14-16-12-7-6-11(15(19)20)9-13(12)17(14)8-4-5-10(2)18/h6-7,9-10,18H,3-5,8H2,1-2H3,(H,19,20). The van der Waals surface area contributed by atoms with Gasteiger partial charge < -0.3 is 14.8 Å². The number of carbonyl (C=O) groups is 1. The zero-order valence-corrected chi connectivity index (χ0v) is 11.8. The first-order chi connectivity index (χ1) is 9.52. The van der Waals surface area contributed by atoms with E-state index in [9.17, 15) is 9.90 Å². The Kier molecular flexibility index (Phi) is 4.39. The Balaban J connectivity index is 2.37. The number of aromatic nitrogens is 2. The van der Waals surface area contributed by atoms with Gasteiger partial charge in [-0.25, -0.2) is 9.78 Å². The smallest absolute Gasteiger partial charge is 0.335 e. The highest BCUT2D eigenvalue weighted by molar-refractivity contribution is 5.92. The lowest BCUT2D eigenvalue weighted by Gasteiger charge is -2.09. The molecule has 1 aromatic heterocycles. The van der Waals surface area contributed by atoms with Gasteiger partial charge in [-0.3, -0.25) is 0 Å². The largest absolute Gasteiger partial charge is 0.478 e. The van der Waals surface area contributed by atoms with Crippen molar-refractivity contribution in [3.05, 3.63) is 29.6 Å². The van der Waals surface area contributed by atoms with Crippen LogP contribution < -0.4 is 0 Å². The number of carboxylic acids is 1. The summed E-state index contributed by atoms with van der Waals surface area (Å²) >= 11 is 0. The van der Waals surface area contributed by atoms with E-state index >= 15 is 0 Å². The van der Waals surface area contributed by atoms with Gasteiger partial charge in [-0.15, -0.1) is 0 Å². The molecule has 0 saturated carbocycles. The Labute approximate surface area is 117 Å². The van der Waals surface area contributed by atoms with E-state index in [1.807, 2.05) is 6.92 Å². The van der Waals surface area contributed by atoms with Crippen LogP contribution in [-0.4, -0.2) is 31.8 Å². The number of rotatable bonds is 6. The number of nitrogens with zero attached hydrogens (tertiary/aromatic N) is 2. The van der Waals surface area contributed by atoms with Crippen LogP contribution >= 0.6 is 0 Å². The third-order valence-corrected chi connectivity index (χ3v) is 3.39. The molecule has 2 rings (SSSR count). The SMILES string of the molecule is CCc1nc2ccc(C(=O)O)cc2n1CCCC(C)O. The Morgan fingerprint density at radius 3 is 2.80 bits per heavy atom. The molecule has 20 heavy (non-hydrogen) atoms. The molecule has 0 aliphatic rings. The molecule has 0 radical (unpaired) electrons. The lowest BCUT2D eigenvalue weighted by Crippen LogP contribution is -2.07. The Hall–Kier alpha value is -1.88. The summed E-state index contributed by atoms with van der Waals surface area (Å²) in [6, 6.07) is 5.01. The summed E-state index contributed by atoms with van der Waals surface area (Å²) in [5, 5.41) is 18.4. The van der Waals surface area contributed by atoms with Crippen molar-refractivity contribution in [3.8, 4) is 0 Å². The highest BCUT2D eigenvalue weighted by Crippen LogP contribution is 2.19. The molecular weight excluding hydrogens is 256 g/mol. The topological polar surface area (TPSA) is 75.3 Å². The summed E-state index contributed by atoms with van der Waals surface area (Å²) in [6.07, 6.45) is 2.05. The number of aromatic carboxylic acids is 1. The molecule has 0 aliphatic carbocycles. The van der Waals surface area contributed by atoms with Crippen molar-refractivity contribution in [2.45, 2.75) is 45.8 Å². The first-order valence-corrected chi connectivity index (χ1v) is 6.93. The van der Waals surface area contributed by atoms with E-state index in [4.69, 9.17) is 5.11 Å². The second kappa shape index (κ2) is 6.05. The number of aliphatic hydroxyl groups is 1. The quantitative estimate of drug-likeness (QED) is 0.849. The lowest BCUT2D eigenvalue weighted by molar-refractivity contribution is 0.0697. The fourth-order valence-electron chi connectivity index (χ4n) is 2.37. The molecule has 1 atom stereocenters. The van der Waals surface area contributed by atoms with Gasteiger partial charge in [0.05, 0.1) is 22.7 Å². The molecule has 2 N–H and O–H groups in total. The molecular formula is C15H20N2O3. The average Bonchev–Trinajstić information content (AvgIpc) is 2.75. The van der Waals surface area contributed by atoms with Crippen molar-refractivity contribution in [1.29, 1.82) is 0 Å². The highest BCUT2D eigenvalue weighted by atomic mass is 16.4. The third-order valence-electron chi connectivity index (χ3n) is 3.39. The number of hydrogen-bond donors (Lipinski definition) is 2. The average molecular weight is 276 g/mol. The number of aryl methyl sites for hydroxylation is 2. The summed E-state index contributed by atoms with van der Waals surface area (Å²) in [4.78, 5) is 15.6. The van der Waals surface area contributed by atoms with Crippen LogP contribution in [0.2, 0.25) is 0 Å². The number of benzene rings is 1. The first kappa shape index (κ1) is 14.5. The van der Waals surface area contributed by atoms with Crippen molar-refractivity contribution < 1.29 is 15.0 Å². The summed E-state index contributed by atoms with van der Waals surface area (Å²) in [6.45, 7) is 4.55. The molecule has 2 aromatic rings. The fourth-order valence-corrected chi connectivity index (χ4v) is 2.37. The molecule has 5 nitrogen and oxygen atoms in total. The van der Waals surface area contributed by atoms with Crippen molar-refractivity contribution in [2.75, 3.05) is 0 Å². The third kappa shape index (κ3) is 2.99. The first-order valence-electron chi connectivity index (χ1n) is 6.93. The van der Waals surface area contributed by atoms with Gasteiger partial charge in [-0.2, -0.15) is 0 Å². The van der Waals surface area contributed by atoms with E-state index in [1.54, 1.807) is 25.1 Å². The van der Waals surface area contributed by atoms with Gasteiger partial charge in [-0.05, 0) is 38.0 Å². The number of imidazole rings is 1. The molecule has 108 valence electrons. The van der Waals surface area contributed by atoms with E-state index in [-0.39, 0.29) is 11.7 Å². The van der Waals surface area contributed by atoms with Gasteiger partial charge in [-0.1, -0.05) is 6.92 Å². The molecule has 0 saturated heterocycles. The van der Waals surface area contributed by atoms with Crippen LogP contribution in [0.4, 0.5) is 0 Å². The zero-order chi connectivity index (χ0) is 14.7.